The highest BCUT2D eigenvalue weighted by Gasteiger charge is 2.35. The Morgan fingerprint density at radius 2 is 2.35 bits per heavy atom. The van der Waals surface area contributed by atoms with E-state index in [1.165, 1.54) is 19.4 Å². The molecule has 4 nitrogen and oxygen atoms in total. The maximum atomic E-state index is 5.94. The number of rotatable bonds is 5. The van der Waals surface area contributed by atoms with Gasteiger partial charge in [0.15, 0.2) is 0 Å². The van der Waals surface area contributed by atoms with Crippen LogP contribution in [0, 0.1) is 5.41 Å². The SMILES string of the molecule is CN(CC1CCCN1C)CC1(CN)CCOC1. The van der Waals surface area contributed by atoms with E-state index in [4.69, 9.17) is 10.5 Å². The summed E-state index contributed by atoms with van der Waals surface area (Å²) >= 11 is 0. The first-order valence-corrected chi connectivity index (χ1v) is 6.82. The summed E-state index contributed by atoms with van der Waals surface area (Å²) < 4.78 is 5.53. The van der Waals surface area contributed by atoms with Crippen LogP contribution in [0.25, 0.3) is 0 Å². The number of ether oxygens (including phenoxy) is 1. The largest absolute Gasteiger partial charge is 0.381 e. The Morgan fingerprint density at radius 3 is 2.88 bits per heavy atom. The van der Waals surface area contributed by atoms with Crippen LogP contribution in [0.3, 0.4) is 0 Å². The van der Waals surface area contributed by atoms with Crippen molar-refractivity contribution in [3.05, 3.63) is 0 Å². The lowest BCUT2D eigenvalue weighted by Gasteiger charge is -2.33. The van der Waals surface area contributed by atoms with Crippen LogP contribution in [0.4, 0.5) is 0 Å². The van der Waals surface area contributed by atoms with Crippen LogP contribution in [0.1, 0.15) is 19.3 Å². The summed E-state index contributed by atoms with van der Waals surface area (Å²) in [6, 6.07) is 0.733. The van der Waals surface area contributed by atoms with Crippen molar-refractivity contribution in [1.29, 1.82) is 0 Å². The quantitative estimate of drug-likeness (QED) is 0.755. The summed E-state index contributed by atoms with van der Waals surface area (Å²) in [4.78, 5) is 4.94. The van der Waals surface area contributed by atoms with Gasteiger partial charge in [-0.1, -0.05) is 0 Å². The minimum atomic E-state index is 0.214. The van der Waals surface area contributed by atoms with Gasteiger partial charge in [-0.15, -0.1) is 0 Å². The van der Waals surface area contributed by atoms with Crippen molar-refractivity contribution < 1.29 is 4.74 Å². The molecule has 0 aromatic rings. The Morgan fingerprint density at radius 1 is 1.53 bits per heavy atom. The predicted octanol–water partition coefficient (Wildman–Crippen LogP) is 0.378. The molecule has 2 N–H and O–H groups in total. The predicted molar refractivity (Wildman–Crippen MR) is 70.1 cm³/mol. The third kappa shape index (κ3) is 3.19. The first-order valence-electron chi connectivity index (χ1n) is 6.82. The van der Waals surface area contributed by atoms with Crippen LogP contribution in [0.2, 0.25) is 0 Å². The summed E-state index contributed by atoms with van der Waals surface area (Å²) in [5.74, 6) is 0. The van der Waals surface area contributed by atoms with Crippen LogP contribution >= 0.6 is 0 Å². The van der Waals surface area contributed by atoms with Gasteiger partial charge in [0, 0.05) is 37.7 Å². The molecule has 2 unspecified atom stereocenters. The normalized spacial score (nSPS) is 34.9. The fourth-order valence-electron chi connectivity index (χ4n) is 3.21. The lowest BCUT2D eigenvalue weighted by molar-refractivity contribution is 0.114. The second-order valence-electron chi connectivity index (χ2n) is 5.98. The van der Waals surface area contributed by atoms with Gasteiger partial charge in [0.2, 0.25) is 0 Å². The summed E-state index contributed by atoms with van der Waals surface area (Å²) in [6.07, 6.45) is 3.81. The molecule has 17 heavy (non-hydrogen) atoms. The molecule has 0 amide bonds. The van der Waals surface area contributed by atoms with Gasteiger partial charge in [-0.2, -0.15) is 0 Å². The van der Waals surface area contributed by atoms with Crippen molar-refractivity contribution in [3.63, 3.8) is 0 Å². The first-order chi connectivity index (χ1) is 8.15. The zero-order chi connectivity index (χ0) is 12.3. The summed E-state index contributed by atoms with van der Waals surface area (Å²) in [5.41, 5.74) is 6.15. The number of nitrogens with two attached hydrogens (primary N) is 1. The number of likely N-dealkylation sites (tertiary alicyclic amines) is 1. The van der Waals surface area contributed by atoms with Gasteiger partial charge in [0.25, 0.3) is 0 Å². The second-order valence-corrected chi connectivity index (χ2v) is 5.98. The van der Waals surface area contributed by atoms with E-state index in [0.29, 0.717) is 0 Å². The zero-order valence-corrected chi connectivity index (χ0v) is 11.3. The van der Waals surface area contributed by atoms with Crippen molar-refractivity contribution >= 4 is 0 Å². The third-order valence-corrected chi connectivity index (χ3v) is 4.42. The van der Waals surface area contributed by atoms with Gasteiger partial charge in [-0.3, -0.25) is 0 Å². The molecular weight excluding hydrogens is 214 g/mol. The molecule has 0 saturated carbocycles. The van der Waals surface area contributed by atoms with Gasteiger partial charge in [0.1, 0.15) is 0 Å². The van der Waals surface area contributed by atoms with E-state index >= 15 is 0 Å². The molecule has 2 aliphatic heterocycles. The molecule has 100 valence electrons. The minimum absolute atomic E-state index is 0.214. The van der Waals surface area contributed by atoms with Gasteiger partial charge in [-0.25, -0.2) is 0 Å². The highest BCUT2D eigenvalue weighted by Crippen LogP contribution is 2.28. The number of hydrogen-bond donors (Lipinski definition) is 1. The molecule has 2 atom stereocenters. The standard InChI is InChI=1S/C13H27N3O/c1-15(8-12-4-3-6-16(12)2)10-13(9-14)5-7-17-11-13/h12H,3-11,14H2,1-2H3. The van der Waals surface area contributed by atoms with Crippen molar-refractivity contribution in [3.8, 4) is 0 Å². The molecule has 2 saturated heterocycles. The molecule has 0 aliphatic carbocycles. The van der Waals surface area contributed by atoms with E-state index in [2.05, 4.69) is 23.9 Å². The molecule has 2 fully saturated rings. The third-order valence-electron chi connectivity index (χ3n) is 4.42. The van der Waals surface area contributed by atoms with Crippen molar-refractivity contribution in [2.75, 3.05) is 53.5 Å². The minimum Gasteiger partial charge on any atom is -0.381 e. The molecular formula is C13H27N3O. The highest BCUT2D eigenvalue weighted by molar-refractivity contribution is 4.88. The van der Waals surface area contributed by atoms with Crippen LogP contribution in [-0.4, -0.2) is 69.3 Å². The van der Waals surface area contributed by atoms with Gasteiger partial charge < -0.3 is 20.3 Å². The molecule has 0 radical (unpaired) electrons. The van der Waals surface area contributed by atoms with E-state index in [-0.39, 0.29) is 5.41 Å². The summed E-state index contributed by atoms with van der Waals surface area (Å²) in [7, 11) is 4.46. The monoisotopic (exact) mass is 241 g/mol. The van der Waals surface area contributed by atoms with E-state index in [0.717, 1.165) is 45.3 Å². The molecule has 0 spiro atoms. The van der Waals surface area contributed by atoms with Crippen LogP contribution in [0.5, 0.6) is 0 Å². The fraction of sp³-hybridized carbons (Fsp3) is 1.00. The smallest absolute Gasteiger partial charge is 0.0547 e. The molecule has 0 aromatic carbocycles. The highest BCUT2D eigenvalue weighted by atomic mass is 16.5. The molecule has 2 aliphatic rings. The maximum absolute atomic E-state index is 5.94. The van der Waals surface area contributed by atoms with Crippen LogP contribution < -0.4 is 5.73 Å². The molecule has 0 aromatic heterocycles. The molecule has 2 heterocycles. The summed E-state index contributed by atoms with van der Waals surface area (Å²) in [6.45, 7) is 5.97. The fourth-order valence-corrected chi connectivity index (χ4v) is 3.21. The number of nitrogens with zero attached hydrogens (tertiary/aromatic N) is 2. The summed E-state index contributed by atoms with van der Waals surface area (Å²) in [5, 5.41) is 0. The molecule has 4 heteroatoms. The number of likely N-dealkylation sites (N-methyl/N-ethyl adjacent to an activating group) is 2. The number of hydrogen-bond acceptors (Lipinski definition) is 4. The van der Waals surface area contributed by atoms with Gasteiger partial charge in [-0.05, 0) is 39.9 Å². The Hall–Kier alpha value is -0.160. The van der Waals surface area contributed by atoms with E-state index < -0.39 is 0 Å². The van der Waals surface area contributed by atoms with Gasteiger partial charge in [0.05, 0.1) is 6.61 Å². The average molecular weight is 241 g/mol. The average Bonchev–Trinajstić information content (AvgIpc) is 2.90. The zero-order valence-electron chi connectivity index (χ0n) is 11.3. The van der Waals surface area contributed by atoms with Crippen molar-refractivity contribution in [2.45, 2.75) is 25.3 Å². The second kappa shape index (κ2) is 5.65. The van der Waals surface area contributed by atoms with Crippen LogP contribution in [0.15, 0.2) is 0 Å². The van der Waals surface area contributed by atoms with E-state index in [9.17, 15) is 0 Å². The Kier molecular flexibility index (Phi) is 4.42. The Bertz CT molecular complexity index is 241. The van der Waals surface area contributed by atoms with Crippen molar-refractivity contribution in [1.82, 2.24) is 9.80 Å². The van der Waals surface area contributed by atoms with Gasteiger partial charge >= 0.3 is 0 Å². The van der Waals surface area contributed by atoms with Crippen molar-refractivity contribution in [2.24, 2.45) is 11.1 Å². The van der Waals surface area contributed by atoms with E-state index in [1.54, 1.807) is 0 Å². The topological polar surface area (TPSA) is 41.7 Å². The van der Waals surface area contributed by atoms with E-state index in [1.807, 2.05) is 0 Å². The van der Waals surface area contributed by atoms with Crippen LogP contribution in [-0.2, 0) is 4.74 Å². The molecule has 2 rings (SSSR count). The Balaban J connectivity index is 1.81. The molecule has 0 bridgehead atoms. The first kappa shape index (κ1) is 13.3. The lowest BCUT2D eigenvalue weighted by Crippen LogP contribution is -2.45. The Labute approximate surface area is 105 Å². The lowest BCUT2D eigenvalue weighted by atomic mass is 9.87. The maximum Gasteiger partial charge on any atom is 0.0547 e.